The highest BCUT2D eigenvalue weighted by atomic mass is 16.7. The quantitative estimate of drug-likeness (QED) is 0.656. The normalized spacial score (nSPS) is 37.2. The molecule has 0 aromatic heterocycles. The van der Waals surface area contributed by atoms with E-state index in [1.54, 1.807) is 0 Å². The number of carbonyl (C=O) groups excluding carboxylic acids is 1. The van der Waals surface area contributed by atoms with E-state index in [0.717, 1.165) is 13.0 Å². The first-order valence-electron chi connectivity index (χ1n) is 5.73. The molecule has 0 bridgehead atoms. The highest BCUT2D eigenvalue weighted by Crippen LogP contribution is 2.33. The van der Waals surface area contributed by atoms with Gasteiger partial charge in [0, 0.05) is 18.6 Å². The van der Waals surface area contributed by atoms with Gasteiger partial charge < -0.3 is 14.4 Å². The van der Waals surface area contributed by atoms with Crippen LogP contribution < -0.4 is 0 Å². The summed E-state index contributed by atoms with van der Waals surface area (Å²) in [6, 6.07) is 0.452. The van der Waals surface area contributed by atoms with Crippen LogP contribution in [-0.4, -0.2) is 43.4 Å². The van der Waals surface area contributed by atoms with Gasteiger partial charge in [0.25, 0.3) is 0 Å². The number of hydrogen-bond acceptors (Lipinski definition) is 4. The van der Waals surface area contributed by atoms with E-state index in [0.29, 0.717) is 19.1 Å². The van der Waals surface area contributed by atoms with Crippen molar-refractivity contribution in [2.24, 2.45) is 5.92 Å². The predicted octanol–water partition coefficient (Wildman–Crippen LogP) is 1.01. The molecule has 2 heterocycles. The number of rotatable bonds is 3. The number of nitrogens with zero attached hydrogens (tertiary/aromatic N) is 1. The van der Waals surface area contributed by atoms with Gasteiger partial charge in [0.1, 0.15) is 0 Å². The van der Waals surface area contributed by atoms with Gasteiger partial charge in [0.15, 0.2) is 0 Å². The zero-order valence-corrected chi connectivity index (χ0v) is 9.44. The Labute approximate surface area is 90.5 Å². The number of esters is 1. The van der Waals surface area contributed by atoms with Gasteiger partial charge in [-0.25, -0.2) is 0 Å². The van der Waals surface area contributed by atoms with Crippen LogP contribution in [0, 0.1) is 5.92 Å². The van der Waals surface area contributed by atoms with E-state index in [2.05, 4.69) is 11.9 Å². The van der Waals surface area contributed by atoms with E-state index in [-0.39, 0.29) is 18.2 Å². The molecule has 3 atom stereocenters. The smallest absolute Gasteiger partial charge is 0.308 e. The third-order valence-electron chi connectivity index (χ3n) is 3.40. The second-order valence-electron chi connectivity index (χ2n) is 4.37. The first-order chi connectivity index (χ1) is 7.22. The minimum atomic E-state index is -0.312. The Bertz CT molecular complexity index is 244. The molecule has 0 saturated carbocycles. The Hall–Kier alpha value is -0.610. The summed E-state index contributed by atoms with van der Waals surface area (Å²) in [5.41, 5.74) is 0. The average molecular weight is 213 g/mol. The van der Waals surface area contributed by atoms with Crippen LogP contribution in [-0.2, 0) is 14.3 Å². The SMILES string of the molecule is CCOC1OC(=O)C[C@H]1[C@H]1CCCN1C. The lowest BCUT2D eigenvalue weighted by Crippen LogP contribution is -2.37. The maximum atomic E-state index is 11.3. The maximum Gasteiger partial charge on any atom is 0.308 e. The largest absolute Gasteiger partial charge is 0.435 e. The molecule has 2 fully saturated rings. The topological polar surface area (TPSA) is 38.8 Å². The van der Waals surface area contributed by atoms with Gasteiger partial charge >= 0.3 is 5.97 Å². The lowest BCUT2D eigenvalue weighted by atomic mass is 9.95. The Kier molecular flexibility index (Phi) is 3.26. The summed E-state index contributed by atoms with van der Waals surface area (Å²) in [6.45, 7) is 3.65. The number of likely N-dealkylation sites (tertiary alicyclic amines) is 1. The fraction of sp³-hybridized carbons (Fsp3) is 0.909. The molecule has 0 aromatic carbocycles. The van der Waals surface area contributed by atoms with Gasteiger partial charge in [-0.05, 0) is 33.4 Å². The monoisotopic (exact) mass is 213 g/mol. The summed E-state index contributed by atoms with van der Waals surface area (Å²) in [6.07, 6.45) is 2.57. The molecule has 0 N–H and O–H groups in total. The van der Waals surface area contributed by atoms with Crippen molar-refractivity contribution in [3.63, 3.8) is 0 Å². The van der Waals surface area contributed by atoms with E-state index in [1.807, 2.05) is 6.92 Å². The molecule has 0 amide bonds. The van der Waals surface area contributed by atoms with Crippen molar-refractivity contribution in [2.75, 3.05) is 20.2 Å². The molecule has 2 rings (SSSR count). The molecule has 0 radical (unpaired) electrons. The summed E-state index contributed by atoms with van der Waals surface area (Å²) < 4.78 is 10.7. The molecule has 1 unspecified atom stereocenters. The van der Waals surface area contributed by atoms with Crippen molar-refractivity contribution in [2.45, 2.75) is 38.5 Å². The van der Waals surface area contributed by atoms with Gasteiger partial charge in [-0.3, -0.25) is 4.79 Å². The van der Waals surface area contributed by atoms with Gasteiger partial charge in [0.05, 0.1) is 6.42 Å². The standard InChI is InChI=1S/C11H19NO3/c1-3-14-11-8(7-10(13)15-11)9-5-4-6-12(9)2/h8-9,11H,3-7H2,1-2H3/t8-,9+,11?/m0/s1. The number of hydrogen-bond donors (Lipinski definition) is 0. The van der Waals surface area contributed by atoms with Gasteiger partial charge in [0.2, 0.25) is 6.29 Å². The zero-order chi connectivity index (χ0) is 10.8. The zero-order valence-electron chi connectivity index (χ0n) is 9.44. The van der Waals surface area contributed by atoms with Crippen LogP contribution in [0.25, 0.3) is 0 Å². The number of carbonyl (C=O) groups is 1. The Morgan fingerprint density at radius 3 is 3.00 bits per heavy atom. The molecule has 2 aliphatic rings. The number of ether oxygens (including phenoxy) is 2. The van der Waals surface area contributed by atoms with Crippen LogP contribution in [0.4, 0.5) is 0 Å². The van der Waals surface area contributed by atoms with Crippen molar-refractivity contribution in [1.82, 2.24) is 4.90 Å². The molecule has 2 aliphatic heterocycles. The van der Waals surface area contributed by atoms with E-state index < -0.39 is 0 Å². The fourth-order valence-electron chi connectivity index (χ4n) is 2.67. The lowest BCUT2D eigenvalue weighted by molar-refractivity contribution is -0.168. The summed E-state index contributed by atoms with van der Waals surface area (Å²) in [5.74, 6) is 0.115. The highest BCUT2D eigenvalue weighted by Gasteiger charge is 2.43. The Morgan fingerprint density at radius 2 is 2.40 bits per heavy atom. The average Bonchev–Trinajstić information content (AvgIpc) is 2.73. The van der Waals surface area contributed by atoms with E-state index >= 15 is 0 Å². The first-order valence-corrected chi connectivity index (χ1v) is 5.73. The van der Waals surface area contributed by atoms with Crippen molar-refractivity contribution < 1.29 is 14.3 Å². The number of cyclic esters (lactones) is 1. The van der Waals surface area contributed by atoms with Crippen LogP contribution in [0.15, 0.2) is 0 Å². The van der Waals surface area contributed by atoms with E-state index in [9.17, 15) is 4.79 Å². The summed E-state index contributed by atoms with van der Waals surface area (Å²) in [7, 11) is 2.11. The van der Waals surface area contributed by atoms with Crippen LogP contribution in [0.2, 0.25) is 0 Å². The second kappa shape index (κ2) is 4.49. The molecule has 86 valence electrons. The molecule has 15 heavy (non-hydrogen) atoms. The van der Waals surface area contributed by atoms with Crippen molar-refractivity contribution in [3.8, 4) is 0 Å². The molecular formula is C11H19NO3. The van der Waals surface area contributed by atoms with E-state index in [4.69, 9.17) is 9.47 Å². The molecule has 0 spiro atoms. The molecule has 0 aromatic rings. The fourth-order valence-corrected chi connectivity index (χ4v) is 2.67. The molecule has 4 nitrogen and oxygen atoms in total. The minimum absolute atomic E-state index is 0.112. The first kappa shape index (κ1) is 10.9. The van der Waals surface area contributed by atoms with Crippen LogP contribution in [0.1, 0.15) is 26.2 Å². The van der Waals surface area contributed by atoms with Crippen LogP contribution in [0.3, 0.4) is 0 Å². The summed E-state index contributed by atoms with van der Waals surface area (Å²) >= 11 is 0. The molecule has 0 aliphatic carbocycles. The highest BCUT2D eigenvalue weighted by molar-refractivity contribution is 5.72. The summed E-state index contributed by atoms with van der Waals surface area (Å²) in [4.78, 5) is 13.6. The van der Waals surface area contributed by atoms with Crippen molar-refractivity contribution in [3.05, 3.63) is 0 Å². The van der Waals surface area contributed by atoms with Crippen molar-refractivity contribution in [1.29, 1.82) is 0 Å². The molecule has 2 saturated heterocycles. The van der Waals surface area contributed by atoms with Crippen molar-refractivity contribution >= 4 is 5.97 Å². The second-order valence-corrected chi connectivity index (χ2v) is 4.37. The lowest BCUT2D eigenvalue weighted by Gasteiger charge is -2.27. The Balaban J connectivity index is 2.02. The van der Waals surface area contributed by atoms with Crippen LogP contribution in [0.5, 0.6) is 0 Å². The van der Waals surface area contributed by atoms with Crippen LogP contribution >= 0.6 is 0 Å². The van der Waals surface area contributed by atoms with E-state index in [1.165, 1.54) is 6.42 Å². The third-order valence-corrected chi connectivity index (χ3v) is 3.40. The maximum absolute atomic E-state index is 11.3. The molecule has 4 heteroatoms. The third kappa shape index (κ3) is 2.16. The minimum Gasteiger partial charge on any atom is -0.435 e. The van der Waals surface area contributed by atoms with Gasteiger partial charge in [-0.2, -0.15) is 0 Å². The molecular weight excluding hydrogens is 194 g/mol. The Morgan fingerprint density at radius 1 is 1.60 bits per heavy atom. The predicted molar refractivity (Wildman–Crippen MR) is 55.3 cm³/mol. The summed E-state index contributed by atoms with van der Waals surface area (Å²) in [5, 5.41) is 0. The van der Waals surface area contributed by atoms with Gasteiger partial charge in [-0.1, -0.05) is 0 Å². The van der Waals surface area contributed by atoms with Gasteiger partial charge in [-0.15, -0.1) is 0 Å².